The molecule has 3 nitrogen and oxygen atoms in total. The van der Waals surface area contributed by atoms with Crippen molar-refractivity contribution in [2.45, 2.75) is 6.42 Å². The minimum Gasteiger partial charge on any atom is -0.481 e. The van der Waals surface area contributed by atoms with Crippen molar-refractivity contribution in [1.29, 1.82) is 0 Å². The summed E-state index contributed by atoms with van der Waals surface area (Å²) in [5, 5.41) is 10.3. The van der Waals surface area contributed by atoms with Gasteiger partial charge < -0.3 is 10.8 Å². The Labute approximate surface area is 80.2 Å². The smallest absolute Gasteiger partial charge is 0.308 e. The lowest BCUT2D eigenvalue weighted by atomic mass is 10.3. The molecule has 1 rings (SSSR count). The van der Waals surface area contributed by atoms with Gasteiger partial charge in [-0.2, -0.15) is 0 Å². The third-order valence-corrected chi connectivity index (χ3v) is 2.25. The molecule has 1 aromatic heterocycles. The van der Waals surface area contributed by atoms with Gasteiger partial charge in [-0.15, -0.1) is 11.3 Å². The highest BCUT2D eigenvalue weighted by atomic mass is 32.1. The highest BCUT2D eigenvalue weighted by Gasteiger charge is 2.02. The second-order valence-corrected chi connectivity index (χ2v) is 3.37. The summed E-state index contributed by atoms with van der Waals surface area (Å²) < 4.78 is 0. The predicted octanol–water partition coefficient (Wildman–Crippen LogP) is 0.685. The Kier molecular flexibility index (Phi) is 3.50. The van der Waals surface area contributed by atoms with E-state index < -0.39 is 5.97 Å². The number of nitrogens with two attached hydrogens (primary N) is 1. The fraction of sp³-hybridized carbons (Fsp3) is 0.222. The molecule has 0 radical (unpaired) electrons. The van der Waals surface area contributed by atoms with Crippen molar-refractivity contribution >= 4 is 17.3 Å². The SMILES string of the molecule is NCC#Cc1csc(CC(=O)O)c1. The predicted molar refractivity (Wildman–Crippen MR) is 51.6 cm³/mol. The van der Waals surface area contributed by atoms with Gasteiger partial charge in [0.05, 0.1) is 13.0 Å². The third kappa shape index (κ3) is 3.28. The molecule has 68 valence electrons. The van der Waals surface area contributed by atoms with Crippen LogP contribution in [0.15, 0.2) is 11.4 Å². The lowest BCUT2D eigenvalue weighted by Gasteiger charge is -1.85. The van der Waals surface area contributed by atoms with Gasteiger partial charge >= 0.3 is 5.97 Å². The van der Waals surface area contributed by atoms with Crippen LogP contribution in [0.1, 0.15) is 10.4 Å². The van der Waals surface area contributed by atoms with Gasteiger partial charge in [-0.05, 0) is 6.07 Å². The van der Waals surface area contributed by atoms with E-state index in [2.05, 4.69) is 11.8 Å². The lowest BCUT2D eigenvalue weighted by Crippen LogP contribution is -1.97. The summed E-state index contributed by atoms with van der Waals surface area (Å²) in [6, 6.07) is 1.78. The maximum Gasteiger partial charge on any atom is 0.308 e. The fourth-order valence-electron chi connectivity index (χ4n) is 0.841. The quantitative estimate of drug-likeness (QED) is 0.682. The molecule has 0 aliphatic rings. The van der Waals surface area contributed by atoms with Gasteiger partial charge in [0.1, 0.15) is 0 Å². The van der Waals surface area contributed by atoms with Crippen LogP contribution in [-0.2, 0) is 11.2 Å². The summed E-state index contributed by atoms with van der Waals surface area (Å²) in [6.45, 7) is 0.324. The van der Waals surface area contributed by atoms with E-state index in [1.807, 2.05) is 5.38 Å². The summed E-state index contributed by atoms with van der Waals surface area (Å²) in [4.78, 5) is 11.2. The van der Waals surface area contributed by atoms with E-state index in [4.69, 9.17) is 10.8 Å². The first-order chi connectivity index (χ1) is 6.22. The van der Waals surface area contributed by atoms with Crippen LogP contribution in [0.4, 0.5) is 0 Å². The van der Waals surface area contributed by atoms with E-state index in [9.17, 15) is 4.79 Å². The second kappa shape index (κ2) is 4.65. The minimum absolute atomic E-state index is 0.0645. The van der Waals surface area contributed by atoms with Gasteiger partial charge in [0.15, 0.2) is 0 Å². The summed E-state index contributed by atoms with van der Waals surface area (Å²) in [5.41, 5.74) is 6.04. The summed E-state index contributed by atoms with van der Waals surface area (Å²) >= 11 is 1.40. The molecule has 0 fully saturated rings. The molecule has 0 amide bonds. The van der Waals surface area contributed by atoms with Gasteiger partial charge in [-0.3, -0.25) is 4.79 Å². The Morgan fingerprint density at radius 3 is 3.08 bits per heavy atom. The molecule has 0 aromatic carbocycles. The molecule has 1 heterocycles. The van der Waals surface area contributed by atoms with Crippen molar-refractivity contribution in [1.82, 2.24) is 0 Å². The number of thiophene rings is 1. The van der Waals surface area contributed by atoms with Crippen molar-refractivity contribution < 1.29 is 9.90 Å². The van der Waals surface area contributed by atoms with Crippen molar-refractivity contribution in [2.24, 2.45) is 5.73 Å². The van der Waals surface area contributed by atoms with Crippen molar-refractivity contribution in [3.8, 4) is 11.8 Å². The molecule has 0 saturated heterocycles. The first-order valence-electron chi connectivity index (χ1n) is 3.70. The van der Waals surface area contributed by atoms with Crippen LogP contribution in [-0.4, -0.2) is 17.6 Å². The van der Waals surface area contributed by atoms with E-state index in [0.29, 0.717) is 6.54 Å². The van der Waals surface area contributed by atoms with Gasteiger partial charge in [0.2, 0.25) is 0 Å². The number of aliphatic carboxylic acids is 1. The number of hydrogen-bond donors (Lipinski definition) is 2. The fourth-order valence-corrected chi connectivity index (χ4v) is 1.65. The molecular formula is C9H9NO2S. The molecule has 3 N–H and O–H groups in total. The van der Waals surface area contributed by atoms with Crippen LogP contribution >= 0.6 is 11.3 Å². The number of carbonyl (C=O) groups is 1. The van der Waals surface area contributed by atoms with E-state index in [1.165, 1.54) is 11.3 Å². The number of hydrogen-bond acceptors (Lipinski definition) is 3. The Bertz CT molecular complexity index is 359. The van der Waals surface area contributed by atoms with Crippen LogP contribution in [0.3, 0.4) is 0 Å². The van der Waals surface area contributed by atoms with E-state index in [-0.39, 0.29) is 6.42 Å². The molecule has 13 heavy (non-hydrogen) atoms. The van der Waals surface area contributed by atoms with Crippen LogP contribution in [0.5, 0.6) is 0 Å². The van der Waals surface area contributed by atoms with Crippen LogP contribution < -0.4 is 5.73 Å². The monoisotopic (exact) mass is 195 g/mol. The Morgan fingerprint density at radius 1 is 1.69 bits per heavy atom. The normalized spacial score (nSPS) is 9.00. The van der Waals surface area contributed by atoms with Gasteiger partial charge in [0, 0.05) is 15.8 Å². The number of carboxylic acids is 1. The molecule has 0 aliphatic carbocycles. The zero-order valence-corrected chi connectivity index (χ0v) is 7.73. The van der Waals surface area contributed by atoms with Crippen molar-refractivity contribution in [3.63, 3.8) is 0 Å². The maximum atomic E-state index is 10.3. The van der Waals surface area contributed by atoms with E-state index >= 15 is 0 Å². The number of carboxylic acid groups (broad SMARTS) is 1. The molecule has 1 aromatic rings. The topological polar surface area (TPSA) is 63.3 Å². The highest BCUT2D eigenvalue weighted by molar-refractivity contribution is 7.10. The second-order valence-electron chi connectivity index (χ2n) is 2.38. The van der Waals surface area contributed by atoms with E-state index in [0.717, 1.165) is 10.4 Å². The molecule has 4 heteroatoms. The van der Waals surface area contributed by atoms with Gasteiger partial charge in [0.25, 0.3) is 0 Å². The highest BCUT2D eigenvalue weighted by Crippen LogP contribution is 2.14. The molecule has 0 saturated carbocycles. The van der Waals surface area contributed by atoms with Crippen molar-refractivity contribution in [2.75, 3.05) is 6.54 Å². The van der Waals surface area contributed by atoms with Crippen LogP contribution in [0.25, 0.3) is 0 Å². The Hall–Kier alpha value is -1.31. The largest absolute Gasteiger partial charge is 0.481 e. The van der Waals surface area contributed by atoms with Gasteiger partial charge in [-0.1, -0.05) is 11.8 Å². The average Bonchev–Trinajstić information content (AvgIpc) is 2.48. The van der Waals surface area contributed by atoms with Crippen LogP contribution in [0.2, 0.25) is 0 Å². The van der Waals surface area contributed by atoms with Gasteiger partial charge in [-0.25, -0.2) is 0 Å². The minimum atomic E-state index is -0.819. The molecule has 0 unspecified atom stereocenters. The third-order valence-electron chi connectivity index (χ3n) is 1.31. The molecule has 0 atom stereocenters. The molecule has 0 bridgehead atoms. The molecule has 0 spiro atoms. The van der Waals surface area contributed by atoms with Crippen LogP contribution in [0, 0.1) is 11.8 Å². The zero-order valence-electron chi connectivity index (χ0n) is 6.91. The Balaban J connectivity index is 2.69. The van der Waals surface area contributed by atoms with E-state index in [1.54, 1.807) is 6.07 Å². The van der Waals surface area contributed by atoms with Crippen molar-refractivity contribution in [3.05, 3.63) is 21.9 Å². The first kappa shape index (κ1) is 9.78. The summed E-state index contributed by atoms with van der Waals surface area (Å²) in [7, 11) is 0. The maximum absolute atomic E-state index is 10.3. The average molecular weight is 195 g/mol. The Morgan fingerprint density at radius 2 is 2.46 bits per heavy atom. The standard InChI is InChI=1S/C9H9NO2S/c10-3-1-2-7-4-8(13-6-7)5-9(11)12/h4,6H,3,5,10H2,(H,11,12). The molecule has 0 aliphatic heterocycles. The molecular weight excluding hydrogens is 186 g/mol. The number of rotatable bonds is 2. The lowest BCUT2D eigenvalue weighted by molar-refractivity contribution is -0.136. The first-order valence-corrected chi connectivity index (χ1v) is 4.58. The zero-order chi connectivity index (χ0) is 9.68. The summed E-state index contributed by atoms with van der Waals surface area (Å²) in [6.07, 6.45) is 0.0645. The summed E-state index contributed by atoms with van der Waals surface area (Å²) in [5.74, 6) is 4.73.